The fraction of sp³-hybridized carbons (Fsp3) is 0.250. The summed E-state index contributed by atoms with van der Waals surface area (Å²) in [6.45, 7) is 0. The molecule has 0 aliphatic carbocycles. The third kappa shape index (κ3) is 5.85. The molecule has 1 aromatic heterocycles. The Bertz CT molecular complexity index is 541. The topological polar surface area (TPSA) is 109 Å². The lowest BCUT2D eigenvalue weighted by atomic mass is 10.1. The number of amides is 2. The first-order valence-electron chi connectivity index (χ1n) is 5.63. The van der Waals surface area contributed by atoms with Crippen molar-refractivity contribution in [3.63, 3.8) is 0 Å². The average molecular weight is 317 g/mol. The van der Waals surface area contributed by atoms with Crippen molar-refractivity contribution in [1.29, 1.82) is 0 Å². The quantitative estimate of drug-likeness (QED) is 0.657. The van der Waals surface area contributed by atoms with Crippen LogP contribution in [-0.4, -0.2) is 28.9 Å². The Balaban J connectivity index is 2.55. The van der Waals surface area contributed by atoms with Crippen LogP contribution in [0.15, 0.2) is 18.2 Å². The second-order valence-electron chi connectivity index (χ2n) is 3.88. The molecule has 0 saturated carbocycles. The Morgan fingerprint density at radius 2 is 2.15 bits per heavy atom. The van der Waals surface area contributed by atoms with E-state index in [2.05, 4.69) is 5.32 Å². The highest BCUT2D eigenvalue weighted by Gasteiger charge is 2.19. The smallest absolute Gasteiger partial charge is 0.326 e. The Kier molecular flexibility index (Phi) is 6.20. The number of thiophene rings is 1. The Morgan fingerprint density at radius 1 is 1.45 bits per heavy atom. The van der Waals surface area contributed by atoms with Crippen molar-refractivity contribution in [3.05, 3.63) is 27.4 Å². The van der Waals surface area contributed by atoms with Crippen molar-refractivity contribution >= 4 is 46.8 Å². The lowest BCUT2D eigenvalue weighted by Gasteiger charge is -2.11. The van der Waals surface area contributed by atoms with Crippen molar-refractivity contribution in [2.24, 2.45) is 5.73 Å². The van der Waals surface area contributed by atoms with E-state index in [9.17, 15) is 14.4 Å². The van der Waals surface area contributed by atoms with Crippen LogP contribution in [0.5, 0.6) is 0 Å². The van der Waals surface area contributed by atoms with Gasteiger partial charge in [-0.2, -0.15) is 0 Å². The van der Waals surface area contributed by atoms with Gasteiger partial charge in [0, 0.05) is 17.4 Å². The van der Waals surface area contributed by atoms with Gasteiger partial charge in [0.05, 0.1) is 4.34 Å². The van der Waals surface area contributed by atoms with Gasteiger partial charge in [-0.1, -0.05) is 11.6 Å². The van der Waals surface area contributed by atoms with Crippen LogP contribution >= 0.6 is 22.9 Å². The first kappa shape index (κ1) is 16.2. The predicted octanol–water partition coefficient (Wildman–Crippen LogP) is 1.25. The minimum absolute atomic E-state index is 0.0466. The molecule has 0 aliphatic rings. The van der Waals surface area contributed by atoms with E-state index < -0.39 is 23.8 Å². The molecule has 6 nitrogen and oxygen atoms in total. The number of nitrogens with one attached hydrogen (secondary N) is 1. The summed E-state index contributed by atoms with van der Waals surface area (Å²) in [7, 11) is 0. The van der Waals surface area contributed by atoms with Gasteiger partial charge in [-0.05, 0) is 24.6 Å². The van der Waals surface area contributed by atoms with Crippen LogP contribution in [0.2, 0.25) is 4.34 Å². The highest BCUT2D eigenvalue weighted by molar-refractivity contribution is 7.17. The molecule has 0 radical (unpaired) electrons. The molecule has 0 spiro atoms. The van der Waals surface area contributed by atoms with Crippen molar-refractivity contribution in [2.45, 2.75) is 18.9 Å². The van der Waals surface area contributed by atoms with E-state index in [-0.39, 0.29) is 12.8 Å². The van der Waals surface area contributed by atoms with Gasteiger partial charge in [-0.3, -0.25) is 9.59 Å². The normalized spacial score (nSPS) is 12.2. The molecule has 20 heavy (non-hydrogen) atoms. The molecule has 0 unspecified atom stereocenters. The minimum atomic E-state index is -1.22. The number of aliphatic carboxylic acids is 1. The summed E-state index contributed by atoms with van der Waals surface area (Å²) >= 11 is 7.03. The third-order valence-corrected chi connectivity index (χ3v) is 3.48. The maximum atomic E-state index is 11.6. The summed E-state index contributed by atoms with van der Waals surface area (Å²) in [6, 6.07) is 2.28. The number of hydrogen-bond donors (Lipinski definition) is 3. The van der Waals surface area contributed by atoms with E-state index in [1.807, 2.05) is 0 Å². The zero-order valence-corrected chi connectivity index (χ0v) is 11.9. The van der Waals surface area contributed by atoms with Crippen molar-refractivity contribution < 1.29 is 19.5 Å². The van der Waals surface area contributed by atoms with Crippen LogP contribution in [0, 0.1) is 0 Å². The molecule has 0 saturated heterocycles. The highest BCUT2D eigenvalue weighted by atomic mass is 35.5. The first-order valence-corrected chi connectivity index (χ1v) is 6.83. The monoisotopic (exact) mass is 316 g/mol. The molecule has 4 N–H and O–H groups in total. The number of hydrogen-bond acceptors (Lipinski definition) is 4. The largest absolute Gasteiger partial charge is 0.480 e. The summed E-state index contributed by atoms with van der Waals surface area (Å²) in [4.78, 5) is 33.9. The van der Waals surface area contributed by atoms with Gasteiger partial charge in [0.1, 0.15) is 6.04 Å². The molecule has 0 bridgehead atoms. The average Bonchev–Trinajstić information content (AvgIpc) is 2.77. The van der Waals surface area contributed by atoms with Crippen LogP contribution in [0.1, 0.15) is 17.7 Å². The molecule has 0 fully saturated rings. The highest BCUT2D eigenvalue weighted by Crippen LogP contribution is 2.22. The zero-order chi connectivity index (χ0) is 15.1. The van der Waals surface area contributed by atoms with Gasteiger partial charge in [-0.25, -0.2) is 4.79 Å². The van der Waals surface area contributed by atoms with Gasteiger partial charge in [0.2, 0.25) is 11.8 Å². The molecule has 1 atom stereocenters. The first-order chi connectivity index (χ1) is 9.38. The SMILES string of the molecule is NC(=O)CC[C@H](NC(=O)/C=C/c1ccc(Cl)s1)C(=O)O. The Labute approximate surface area is 124 Å². The molecule has 1 rings (SSSR count). The van der Waals surface area contributed by atoms with Crippen LogP contribution in [0.3, 0.4) is 0 Å². The van der Waals surface area contributed by atoms with E-state index in [1.165, 1.54) is 23.5 Å². The van der Waals surface area contributed by atoms with Gasteiger partial charge in [0.25, 0.3) is 0 Å². The fourth-order valence-corrected chi connectivity index (χ4v) is 2.30. The molecule has 8 heteroatoms. The van der Waals surface area contributed by atoms with E-state index in [1.54, 1.807) is 12.1 Å². The lowest BCUT2D eigenvalue weighted by Crippen LogP contribution is -2.40. The summed E-state index contributed by atoms with van der Waals surface area (Å²) in [5.74, 6) is -2.40. The second-order valence-corrected chi connectivity index (χ2v) is 5.63. The van der Waals surface area contributed by atoms with Crippen LogP contribution in [0.25, 0.3) is 6.08 Å². The van der Waals surface area contributed by atoms with Gasteiger partial charge in [-0.15, -0.1) is 11.3 Å². The van der Waals surface area contributed by atoms with Crippen LogP contribution < -0.4 is 11.1 Å². The van der Waals surface area contributed by atoms with E-state index in [4.69, 9.17) is 22.4 Å². The van der Waals surface area contributed by atoms with E-state index >= 15 is 0 Å². The van der Waals surface area contributed by atoms with Gasteiger partial charge >= 0.3 is 5.97 Å². The molecule has 0 aliphatic heterocycles. The summed E-state index contributed by atoms with van der Waals surface area (Å²) < 4.78 is 0.593. The van der Waals surface area contributed by atoms with Crippen molar-refractivity contribution in [1.82, 2.24) is 5.32 Å². The molecule has 108 valence electrons. The van der Waals surface area contributed by atoms with E-state index in [0.717, 1.165) is 4.88 Å². The van der Waals surface area contributed by atoms with Crippen molar-refractivity contribution in [3.8, 4) is 0 Å². The number of carbonyl (C=O) groups is 3. The Hall–Kier alpha value is -1.86. The number of halogens is 1. The van der Waals surface area contributed by atoms with Crippen LogP contribution in [0.4, 0.5) is 0 Å². The zero-order valence-electron chi connectivity index (χ0n) is 10.3. The lowest BCUT2D eigenvalue weighted by molar-refractivity contribution is -0.141. The fourth-order valence-electron chi connectivity index (χ4n) is 1.34. The number of carbonyl (C=O) groups excluding carboxylic acids is 2. The molecule has 2 amide bonds. The predicted molar refractivity (Wildman–Crippen MR) is 76.4 cm³/mol. The van der Waals surface area contributed by atoms with E-state index in [0.29, 0.717) is 4.34 Å². The second kappa shape index (κ2) is 7.66. The number of primary amides is 1. The molecular formula is C12H13ClN2O4S. The number of nitrogens with two attached hydrogens (primary N) is 1. The van der Waals surface area contributed by atoms with Gasteiger partial charge in [0.15, 0.2) is 0 Å². The summed E-state index contributed by atoms with van der Waals surface area (Å²) in [5.41, 5.74) is 4.94. The molecular weight excluding hydrogens is 304 g/mol. The van der Waals surface area contributed by atoms with Crippen LogP contribution in [-0.2, 0) is 14.4 Å². The molecule has 1 aromatic rings. The maximum Gasteiger partial charge on any atom is 0.326 e. The molecule has 0 aromatic carbocycles. The maximum absolute atomic E-state index is 11.6. The molecule has 1 heterocycles. The summed E-state index contributed by atoms with van der Waals surface area (Å²) in [5, 5.41) is 11.2. The standard InChI is InChI=1S/C12H13ClN2O4S/c13-9-4-1-7(20-9)2-6-11(17)15-8(12(18)19)3-5-10(14)16/h1-2,4,6,8H,3,5H2,(H2,14,16)(H,15,17)(H,18,19)/b6-2+/t8-/m0/s1. The number of carboxylic acids is 1. The minimum Gasteiger partial charge on any atom is -0.480 e. The number of carboxylic acid groups (broad SMARTS) is 1. The van der Waals surface area contributed by atoms with Crippen molar-refractivity contribution in [2.75, 3.05) is 0 Å². The Morgan fingerprint density at radius 3 is 2.65 bits per heavy atom. The van der Waals surface area contributed by atoms with Gasteiger partial charge < -0.3 is 16.2 Å². The third-order valence-electron chi connectivity index (χ3n) is 2.29. The number of rotatable bonds is 7. The summed E-state index contributed by atoms with van der Waals surface area (Å²) in [6.07, 6.45) is 2.58.